The van der Waals surface area contributed by atoms with Crippen LogP contribution in [0.5, 0.6) is 5.75 Å². The van der Waals surface area contributed by atoms with Crippen LogP contribution in [0.15, 0.2) is 36.4 Å². The van der Waals surface area contributed by atoms with Gasteiger partial charge in [0, 0.05) is 11.8 Å². The van der Waals surface area contributed by atoms with Crippen LogP contribution in [0.2, 0.25) is 0 Å². The van der Waals surface area contributed by atoms with Crippen molar-refractivity contribution in [2.75, 3.05) is 25.6 Å². The predicted molar refractivity (Wildman–Crippen MR) is 90.0 cm³/mol. The average Bonchev–Trinajstić information content (AvgIpc) is 2.62. The van der Waals surface area contributed by atoms with Crippen molar-refractivity contribution in [1.29, 1.82) is 0 Å². The molecule has 3 rings (SSSR count). The van der Waals surface area contributed by atoms with Crippen molar-refractivity contribution in [2.24, 2.45) is 0 Å². The molecule has 2 aromatic carbocycles. The number of esters is 1. The van der Waals surface area contributed by atoms with Crippen LogP contribution in [0, 0.1) is 5.82 Å². The Hall–Kier alpha value is -3.23. The first-order chi connectivity index (χ1) is 12.9. The van der Waals surface area contributed by atoms with Crippen molar-refractivity contribution in [1.82, 2.24) is 4.90 Å². The van der Waals surface area contributed by atoms with Crippen molar-refractivity contribution < 1.29 is 32.2 Å². The van der Waals surface area contributed by atoms with Crippen LogP contribution >= 0.6 is 0 Å². The highest BCUT2D eigenvalue weighted by Gasteiger charge is 2.26. The number of amides is 1. The van der Waals surface area contributed by atoms with E-state index in [-0.39, 0.29) is 24.9 Å². The number of carbonyl (C=O) groups excluding carboxylic acids is 2. The van der Waals surface area contributed by atoms with E-state index in [0.717, 1.165) is 6.07 Å². The Morgan fingerprint density at radius 1 is 1.22 bits per heavy atom. The largest absolute Gasteiger partial charge is 0.468 e. The molecule has 0 aromatic heterocycles. The monoisotopic (exact) mass is 380 g/mol. The number of carbonyl (C=O) groups is 2. The molecule has 0 atom stereocenters. The van der Waals surface area contributed by atoms with Gasteiger partial charge in [-0.1, -0.05) is 6.07 Å². The molecule has 142 valence electrons. The van der Waals surface area contributed by atoms with Gasteiger partial charge in [0.05, 0.1) is 19.3 Å². The van der Waals surface area contributed by atoms with Gasteiger partial charge in [-0.05, 0) is 35.4 Å². The van der Waals surface area contributed by atoms with E-state index < -0.39 is 18.4 Å². The van der Waals surface area contributed by atoms with Gasteiger partial charge >= 0.3 is 12.6 Å². The topological polar surface area (TPSA) is 67.9 Å². The van der Waals surface area contributed by atoms with Gasteiger partial charge in [0.1, 0.15) is 18.1 Å². The summed E-state index contributed by atoms with van der Waals surface area (Å²) in [5.74, 6) is -1.93. The third kappa shape index (κ3) is 4.13. The number of rotatable bonds is 5. The maximum Gasteiger partial charge on any atom is 0.387 e. The van der Waals surface area contributed by atoms with E-state index in [1.165, 1.54) is 30.2 Å². The summed E-state index contributed by atoms with van der Waals surface area (Å²) in [7, 11) is 1.23. The molecule has 1 heterocycles. The van der Waals surface area contributed by atoms with Crippen LogP contribution in [0.25, 0.3) is 11.1 Å². The number of hydrogen-bond donors (Lipinski definition) is 1. The Morgan fingerprint density at radius 2 is 2.00 bits per heavy atom. The van der Waals surface area contributed by atoms with Gasteiger partial charge in [0.15, 0.2) is 0 Å². The minimum atomic E-state index is -3.07. The number of halogens is 3. The number of hydrogen-bond acceptors (Lipinski definition) is 5. The molecular formula is C18H15F3N2O4. The summed E-state index contributed by atoms with van der Waals surface area (Å²) in [5, 5.41) is 3.00. The van der Waals surface area contributed by atoms with Gasteiger partial charge < -0.3 is 19.7 Å². The number of alkyl halides is 2. The molecule has 0 bridgehead atoms. The quantitative estimate of drug-likeness (QED) is 0.808. The van der Waals surface area contributed by atoms with Gasteiger partial charge in [-0.3, -0.25) is 9.59 Å². The van der Waals surface area contributed by atoms with E-state index in [1.54, 1.807) is 12.1 Å². The van der Waals surface area contributed by atoms with Crippen LogP contribution in [-0.4, -0.2) is 43.7 Å². The highest BCUT2D eigenvalue weighted by molar-refractivity contribution is 6.03. The summed E-state index contributed by atoms with van der Waals surface area (Å²) in [6, 6.07) is 7.99. The molecule has 9 heteroatoms. The van der Waals surface area contributed by atoms with Crippen molar-refractivity contribution in [3.05, 3.63) is 47.8 Å². The molecular weight excluding hydrogens is 365 g/mol. The van der Waals surface area contributed by atoms with Crippen LogP contribution in [0.1, 0.15) is 10.4 Å². The van der Waals surface area contributed by atoms with Crippen LogP contribution < -0.4 is 10.1 Å². The molecule has 1 N–H and O–H groups in total. The lowest BCUT2D eigenvalue weighted by Gasteiger charge is -2.29. The van der Waals surface area contributed by atoms with Gasteiger partial charge in [-0.25, -0.2) is 4.39 Å². The lowest BCUT2D eigenvalue weighted by molar-refractivity contribution is -0.141. The Kier molecular flexibility index (Phi) is 5.20. The first-order valence-corrected chi connectivity index (χ1v) is 7.87. The zero-order chi connectivity index (χ0) is 19.6. The number of benzene rings is 2. The third-order valence-corrected chi connectivity index (χ3v) is 3.97. The van der Waals surface area contributed by atoms with Gasteiger partial charge in [-0.2, -0.15) is 8.78 Å². The first kappa shape index (κ1) is 18.6. The van der Waals surface area contributed by atoms with E-state index in [1.807, 2.05) is 0 Å². The van der Waals surface area contributed by atoms with Crippen LogP contribution in [-0.2, 0) is 9.53 Å². The number of ether oxygens (including phenoxy) is 2. The summed E-state index contributed by atoms with van der Waals surface area (Å²) in [4.78, 5) is 25.1. The second-order valence-corrected chi connectivity index (χ2v) is 5.73. The number of fused-ring (bicyclic) bond motifs is 1. The van der Waals surface area contributed by atoms with E-state index in [4.69, 9.17) is 0 Å². The summed E-state index contributed by atoms with van der Waals surface area (Å²) in [6.07, 6.45) is 0. The molecule has 27 heavy (non-hydrogen) atoms. The second kappa shape index (κ2) is 7.56. The first-order valence-electron chi connectivity index (χ1n) is 7.87. The average molecular weight is 380 g/mol. The minimum absolute atomic E-state index is 0.0906. The summed E-state index contributed by atoms with van der Waals surface area (Å²) >= 11 is 0. The molecule has 0 radical (unpaired) electrons. The summed E-state index contributed by atoms with van der Waals surface area (Å²) in [6.45, 7) is -3.17. The normalized spacial score (nSPS) is 13.2. The molecule has 0 saturated carbocycles. The fourth-order valence-electron chi connectivity index (χ4n) is 2.73. The number of methoxy groups -OCH3 is 1. The van der Waals surface area contributed by atoms with Crippen LogP contribution in [0.4, 0.5) is 18.9 Å². The highest BCUT2D eigenvalue weighted by Crippen LogP contribution is 2.31. The maximum atomic E-state index is 13.7. The Labute approximate surface area is 152 Å². The molecule has 1 aliphatic heterocycles. The fraction of sp³-hybridized carbons (Fsp3) is 0.222. The Bertz CT molecular complexity index is 889. The molecule has 0 aliphatic carbocycles. The van der Waals surface area contributed by atoms with Gasteiger partial charge in [0.25, 0.3) is 5.91 Å². The third-order valence-electron chi connectivity index (χ3n) is 3.97. The molecule has 0 spiro atoms. The van der Waals surface area contributed by atoms with Crippen LogP contribution in [0.3, 0.4) is 0 Å². The lowest BCUT2D eigenvalue weighted by atomic mass is 10.0. The Morgan fingerprint density at radius 3 is 2.70 bits per heavy atom. The number of nitrogens with one attached hydrogen (secondary N) is 1. The molecule has 6 nitrogen and oxygen atoms in total. The zero-order valence-electron chi connectivity index (χ0n) is 14.2. The second-order valence-electron chi connectivity index (χ2n) is 5.73. The SMILES string of the molecule is COC(=O)CN1CNc2cc(-c3cc(F)cc(OC(F)F)c3)ccc2C1=O. The smallest absolute Gasteiger partial charge is 0.387 e. The number of nitrogens with zero attached hydrogens (tertiary/aromatic N) is 1. The van der Waals surface area contributed by atoms with Crippen molar-refractivity contribution >= 4 is 17.6 Å². The standard InChI is InChI=1S/C18H15F3N2O4/c1-26-16(24)8-23-9-22-15-6-10(2-3-14(15)17(23)25)11-4-12(19)7-13(5-11)27-18(20)21/h2-7,18,22H,8-9H2,1H3. The summed E-state index contributed by atoms with van der Waals surface area (Å²) < 4.78 is 47.3. The fourth-order valence-corrected chi connectivity index (χ4v) is 2.73. The van der Waals surface area contributed by atoms with Gasteiger partial charge in [-0.15, -0.1) is 0 Å². The predicted octanol–water partition coefficient (Wildman–Crippen LogP) is 3.09. The van der Waals surface area contributed by atoms with E-state index in [0.29, 0.717) is 22.4 Å². The summed E-state index contributed by atoms with van der Waals surface area (Å²) in [5.41, 5.74) is 1.64. The molecule has 2 aromatic rings. The maximum absolute atomic E-state index is 13.7. The van der Waals surface area contributed by atoms with Crippen molar-refractivity contribution in [3.8, 4) is 16.9 Å². The molecule has 1 amide bonds. The molecule has 0 unspecified atom stereocenters. The van der Waals surface area contributed by atoms with Crippen molar-refractivity contribution in [3.63, 3.8) is 0 Å². The molecule has 0 saturated heterocycles. The molecule has 1 aliphatic rings. The van der Waals surface area contributed by atoms with Gasteiger partial charge in [0.2, 0.25) is 0 Å². The van der Waals surface area contributed by atoms with Crippen molar-refractivity contribution in [2.45, 2.75) is 6.61 Å². The molecule has 0 fully saturated rings. The number of anilines is 1. The lowest BCUT2D eigenvalue weighted by Crippen LogP contribution is -2.43. The minimum Gasteiger partial charge on any atom is -0.468 e. The van der Waals surface area contributed by atoms with E-state index in [2.05, 4.69) is 14.8 Å². The van der Waals surface area contributed by atoms with E-state index in [9.17, 15) is 22.8 Å². The van der Waals surface area contributed by atoms with E-state index >= 15 is 0 Å². The Balaban J connectivity index is 1.89. The zero-order valence-corrected chi connectivity index (χ0v) is 14.2. The highest BCUT2D eigenvalue weighted by atomic mass is 19.3.